The van der Waals surface area contributed by atoms with E-state index in [-0.39, 0.29) is 18.4 Å². The van der Waals surface area contributed by atoms with E-state index in [9.17, 15) is 9.59 Å². The van der Waals surface area contributed by atoms with Crippen LogP contribution in [0.5, 0.6) is 5.75 Å². The zero-order chi connectivity index (χ0) is 18.6. The van der Waals surface area contributed by atoms with Gasteiger partial charge in [0.05, 0.1) is 5.69 Å². The molecule has 1 unspecified atom stereocenters. The van der Waals surface area contributed by atoms with Gasteiger partial charge in [-0.3, -0.25) is 14.7 Å². The molecule has 3 aliphatic rings. The van der Waals surface area contributed by atoms with Gasteiger partial charge < -0.3 is 15.0 Å². The van der Waals surface area contributed by atoms with Crippen molar-refractivity contribution in [2.24, 2.45) is 5.41 Å². The number of carbonyl (C=O) groups is 2. The van der Waals surface area contributed by atoms with Gasteiger partial charge in [0.15, 0.2) is 5.69 Å². The Morgan fingerprint density at radius 2 is 2.15 bits per heavy atom. The number of ether oxygens (including phenoxy) is 1. The van der Waals surface area contributed by atoms with E-state index in [1.54, 1.807) is 7.05 Å². The fraction of sp³-hybridized carbons (Fsp3) is 0.450. The summed E-state index contributed by atoms with van der Waals surface area (Å²) in [4.78, 5) is 27.2. The van der Waals surface area contributed by atoms with E-state index in [0.29, 0.717) is 22.5 Å². The van der Waals surface area contributed by atoms with Crippen LogP contribution in [0.4, 0.5) is 5.69 Å². The average Bonchev–Trinajstić information content (AvgIpc) is 3.32. The van der Waals surface area contributed by atoms with Crippen LogP contribution in [0.3, 0.4) is 0 Å². The van der Waals surface area contributed by atoms with Crippen LogP contribution >= 0.6 is 0 Å². The predicted octanol–water partition coefficient (Wildman–Crippen LogP) is 1.83. The van der Waals surface area contributed by atoms with E-state index < -0.39 is 6.04 Å². The lowest BCUT2D eigenvalue weighted by Gasteiger charge is -2.22. The summed E-state index contributed by atoms with van der Waals surface area (Å²) in [7, 11) is 1.69. The lowest BCUT2D eigenvalue weighted by Crippen LogP contribution is -2.49. The fourth-order valence-electron chi connectivity index (χ4n) is 4.24. The molecule has 2 aliphatic carbocycles. The molecule has 1 spiro atoms. The number of aromatic amines is 1. The monoisotopic (exact) mass is 366 g/mol. The third kappa shape index (κ3) is 2.69. The predicted molar refractivity (Wildman–Crippen MR) is 98.9 cm³/mol. The van der Waals surface area contributed by atoms with E-state index >= 15 is 0 Å². The van der Waals surface area contributed by atoms with Crippen LogP contribution in [-0.4, -0.2) is 41.7 Å². The number of amides is 2. The zero-order valence-corrected chi connectivity index (χ0v) is 15.2. The zero-order valence-electron chi connectivity index (χ0n) is 15.2. The van der Waals surface area contributed by atoms with Gasteiger partial charge in [0.1, 0.15) is 18.4 Å². The van der Waals surface area contributed by atoms with Crippen molar-refractivity contribution in [1.82, 2.24) is 15.5 Å². The molecule has 1 aromatic carbocycles. The second kappa shape index (κ2) is 5.84. The molecule has 2 aromatic rings. The summed E-state index contributed by atoms with van der Waals surface area (Å²) in [6, 6.07) is 6.61. The topological polar surface area (TPSA) is 87.3 Å². The number of carbonyl (C=O) groups excluding carboxylic acids is 2. The van der Waals surface area contributed by atoms with Gasteiger partial charge in [0.25, 0.3) is 11.8 Å². The maximum atomic E-state index is 12.8. The van der Waals surface area contributed by atoms with Crippen molar-refractivity contribution in [2.45, 2.75) is 38.1 Å². The third-order valence-electron chi connectivity index (χ3n) is 6.15. The first-order valence-electron chi connectivity index (χ1n) is 9.43. The van der Waals surface area contributed by atoms with Gasteiger partial charge in [-0.15, -0.1) is 0 Å². The molecule has 0 radical (unpaired) electrons. The molecule has 0 saturated heterocycles. The minimum atomic E-state index is -0.749. The van der Waals surface area contributed by atoms with Crippen molar-refractivity contribution in [1.29, 1.82) is 0 Å². The number of anilines is 1. The quantitative estimate of drug-likeness (QED) is 0.849. The highest BCUT2D eigenvalue weighted by atomic mass is 16.5. The Labute approximate surface area is 157 Å². The first kappa shape index (κ1) is 16.4. The summed E-state index contributed by atoms with van der Waals surface area (Å²) < 4.78 is 5.76. The van der Waals surface area contributed by atoms with Gasteiger partial charge in [-0.2, -0.15) is 5.10 Å². The average molecular weight is 366 g/mol. The smallest absolute Gasteiger partial charge is 0.272 e. The van der Waals surface area contributed by atoms with Crippen molar-refractivity contribution in [3.8, 4) is 5.75 Å². The minimum Gasteiger partial charge on any atom is -0.489 e. The highest BCUT2D eigenvalue weighted by molar-refractivity contribution is 6.03. The van der Waals surface area contributed by atoms with Crippen LogP contribution in [0.25, 0.3) is 0 Å². The number of benzene rings is 1. The fourth-order valence-corrected chi connectivity index (χ4v) is 4.24. The Kier molecular flexibility index (Phi) is 3.54. The molecule has 1 aromatic heterocycles. The van der Waals surface area contributed by atoms with E-state index in [1.807, 2.05) is 24.3 Å². The van der Waals surface area contributed by atoms with Gasteiger partial charge in [0, 0.05) is 18.3 Å². The number of likely N-dealkylation sites (N-methyl/N-ethyl adjacent to an activating group) is 1. The van der Waals surface area contributed by atoms with Gasteiger partial charge in [-0.1, -0.05) is 12.1 Å². The van der Waals surface area contributed by atoms with Gasteiger partial charge in [0.2, 0.25) is 0 Å². The molecule has 2 amide bonds. The maximum Gasteiger partial charge on any atom is 0.272 e. The number of fused-ring (bicyclic) bond motifs is 2. The maximum absolute atomic E-state index is 12.8. The lowest BCUT2D eigenvalue weighted by atomic mass is 9.84. The number of hydrogen-bond donors (Lipinski definition) is 2. The van der Waals surface area contributed by atoms with Crippen LogP contribution in [0, 0.1) is 5.41 Å². The highest BCUT2D eigenvalue weighted by Crippen LogP contribution is 2.54. The van der Waals surface area contributed by atoms with Crippen LogP contribution in [-0.2, 0) is 17.6 Å². The van der Waals surface area contributed by atoms with Crippen molar-refractivity contribution in [3.05, 3.63) is 41.2 Å². The molecule has 5 rings (SSSR count). The van der Waals surface area contributed by atoms with Crippen molar-refractivity contribution in [3.63, 3.8) is 0 Å². The first-order valence-corrected chi connectivity index (χ1v) is 9.43. The van der Waals surface area contributed by atoms with Crippen LogP contribution in [0.15, 0.2) is 24.3 Å². The molecule has 27 heavy (non-hydrogen) atoms. The van der Waals surface area contributed by atoms with Gasteiger partial charge in [-0.05, 0) is 49.7 Å². The summed E-state index contributed by atoms with van der Waals surface area (Å²) in [5, 5.41) is 10.1. The standard InChI is InChI=1S/C20H22N4O3/c1-24-15-4-2-3-5-16(15)27-11-14(19(24)26)21-18(25)17-12-6-7-20(8-9-20)10-13(12)22-23-17/h2-5,14H,6-11H2,1H3,(H,21,25)(H,22,23). The Morgan fingerprint density at radius 1 is 1.33 bits per heavy atom. The minimum absolute atomic E-state index is 0.0989. The summed E-state index contributed by atoms with van der Waals surface area (Å²) >= 11 is 0. The molecule has 7 heteroatoms. The number of nitrogens with one attached hydrogen (secondary N) is 2. The third-order valence-corrected chi connectivity index (χ3v) is 6.15. The highest BCUT2D eigenvalue weighted by Gasteiger charge is 2.46. The van der Waals surface area contributed by atoms with E-state index in [4.69, 9.17) is 4.74 Å². The van der Waals surface area contributed by atoms with Gasteiger partial charge >= 0.3 is 0 Å². The number of H-pyrrole nitrogens is 1. The first-order chi connectivity index (χ1) is 13.1. The molecule has 2 N–H and O–H groups in total. The van der Waals surface area contributed by atoms with Crippen LogP contribution < -0.4 is 15.0 Å². The van der Waals surface area contributed by atoms with E-state index in [2.05, 4.69) is 15.5 Å². The van der Waals surface area contributed by atoms with Gasteiger partial charge in [-0.25, -0.2) is 0 Å². The molecular formula is C20H22N4O3. The number of aromatic nitrogens is 2. The van der Waals surface area contributed by atoms with E-state index in [0.717, 1.165) is 30.5 Å². The lowest BCUT2D eigenvalue weighted by molar-refractivity contribution is -0.120. The van der Waals surface area contributed by atoms with Crippen LogP contribution in [0.2, 0.25) is 0 Å². The number of hydrogen-bond acceptors (Lipinski definition) is 4. The number of para-hydroxylation sites is 2. The molecule has 1 fully saturated rings. The Hall–Kier alpha value is -2.83. The number of rotatable bonds is 2. The second-order valence-corrected chi connectivity index (χ2v) is 7.91. The normalized spacial score (nSPS) is 22.5. The number of nitrogens with zero attached hydrogens (tertiary/aromatic N) is 2. The van der Waals surface area contributed by atoms with Crippen molar-refractivity contribution < 1.29 is 14.3 Å². The SMILES string of the molecule is CN1C(=O)C(NC(=O)c2n[nH]c3c2CCC2(CC2)C3)COc2ccccc21. The Balaban J connectivity index is 1.35. The molecular weight excluding hydrogens is 344 g/mol. The Morgan fingerprint density at radius 3 is 2.96 bits per heavy atom. The molecule has 1 atom stereocenters. The van der Waals surface area contributed by atoms with Crippen molar-refractivity contribution >= 4 is 17.5 Å². The molecule has 0 bridgehead atoms. The molecule has 7 nitrogen and oxygen atoms in total. The molecule has 1 aliphatic heterocycles. The Bertz CT molecular complexity index is 931. The molecule has 1 saturated carbocycles. The van der Waals surface area contributed by atoms with Crippen molar-refractivity contribution in [2.75, 3.05) is 18.6 Å². The van der Waals surface area contributed by atoms with E-state index in [1.165, 1.54) is 17.7 Å². The van der Waals surface area contributed by atoms with Crippen LogP contribution in [0.1, 0.15) is 41.0 Å². The second-order valence-electron chi connectivity index (χ2n) is 7.91. The summed E-state index contributed by atoms with van der Waals surface area (Å²) in [6.45, 7) is 0.0989. The summed E-state index contributed by atoms with van der Waals surface area (Å²) in [5.74, 6) is 0.118. The molecule has 2 heterocycles. The molecule has 140 valence electrons. The summed E-state index contributed by atoms with van der Waals surface area (Å²) in [6.07, 6.45) is 5.51. The largest absolute Gasteiger partial charge is 0.489 e. The summed E-state index contributed by atoms with van der Waals surface area (Å²) in [5.41, 5.74) is 3.65.